The van der Waals surface area contributed by atoms with E-state index in [2.05, 4.69) is 9.68 Å². The number of rotatable bonds is 2. The molecule has 1 saturated carbocycles. The van der Waals surface area contributed by atoms with Crippen LogP contribution in [-0.4, -0.2) is 50.8 Å². The van der Waals surface area contributed by atoms with Gasteiger partial charge in [0.1, 0.15) is 0 Å². The van der Waals surface area contributed by atoms with Crippen molar-refractivity contribution in [2.24, 2.45) is 5.92 Å². The van der Waals surface area contributed by atoms with Crippen LogP contribution in [0.4, 0.5) is 0 Å². The highest BCUT2D eigenvalue weighted by atomic mass is 16.5. The van der Waals surface area contributed by atoms with E-state index in [1.165, 1.54) is 0 Å². The number of amides is 1. The Kier molecular flexibility index (Phi) is 3.44. The molecule has 1 aromatic heterocycles. The Balaban J connectivity index is 1.72. The van der Waals surface area contributed by atoms with Crippen molar-refractivity contribution < 1.29 is 24.3 Å². The van der Waals surface area contributed by atoms with Crippen LogP contribution < -0.4 is 0 Å². The molecule has 21 heavy (non-hydrogen) atoms. The first-order chi connectivity index (χ1) is 9.99. The summed E-state index contributed by atoms with van der Waals surface area (Å²) in [5.74, 6) is -1.83. The summed E-state index contributed by atoms with van der Waals surface area (Å²) in [6.45, 7) is 0.950. The number of aromatic nitrogens is 1. The third-order valence-electron chi connectivity index (χ3n) is 4.65. The van der Waals surface area contributed by atoms with Crippen LogP contribution in [-0.2, 0) is 0 Å². The minimum absolute atomic E-state index is 0.00801. The van der Waals surface area contributed by atoms with Gasteiger partial charge in [-0.05, 0) is 19.3 Å². The molecular formula is C14H18N2O5. The molecule has 7 heteroatoms. The van der Waals surface area contributed by atoms with Crippen molar-refractivity contribution in [3.05, 3.63) is 17.5 Å². The Morgan fingerprint density at radius 1 is 1.38 bits per heavy atom. The molecule has 0 spiro atoms. The number of hydrogen-bond donors (Lipinski definition) is 2. The highest BCUT2D eigenvalue weighted by molar-refractivity contribution is 5.94. The summed E-state index contributed by atoms with van der Waals surface area (Å²) in [5.41, 5.74) is -0.640. The molecule has 0 bridgehead atoms. The van der Waals surface area contributed by atoms with Gasteiger partial charge in [0.05, 0.1) is 5.60 Å². The lowest BCUT2D eigenvalue weighted by atomic mass is 9.71. The molecule has 1 aromatic rings. The van der Waals surface area contributed by atoms with E-state index in [0.717, 1.165) is 31.7 Å². The first-order valence-corrected chi connectivity index (χ1v) is 7.21. The Hall–Kier alpha value is -1.89. The van der Waals surface area contributed by atoms with Crippen LogP contribution in [0.1, 0.15) is 53.1 Å². The summed E-state index contributed by atoms with van der Waals surface area (Å²) in [4.78, 5) is 24.7. The fraction of sp³-hybridized carbons (Fsp3) is 0.643. The van der Waals surface area contributed by atoms with Gasteiger partial charge in [-0.25, -0.2) is 4.79 Å². The summed E-state index contributed by atoms with van der Waals surface area (Å²) in [5, 5.41) is 22.9. The third kappa shape index (κ3) is 2.53. The molecule has 2 atom stereocenters. The third-order valence-corrected chi connectivity index (χ3v) is 4.65. The van der Waals surface area contributed by atoms with Crippen molar-refractivity contribution in [1.82, 2.24) is 10.1 Å². The topological polar surface area (TPSA) is 104 Å². The van der Waals surface area contributed by atoms with Gasteiger partial charge in [-0.1, -0.05) is 18.0 Å². The highest BCUT2D eigenvalue weighted by Crippen LogP contribution is 2.39. The smallest absolute Gasteiger partial charge is 0.374 e. The van der Waals surface area contributed by atoms with E-state index in [9.17, 15) is 14.7 Å². The molecule has 0 radical (unpaired) electrons. The monoisotopic (exact) mass is 294 g/mol. The number of carboxylic acids is 1. The minimum Gasteiger partial charge on any atom is -0.475 e. The van der Waals surface area contributed by atoms with Crippen molar-refractivity contribution in [2.45, 2.75) is 37.7 Å². The molecule has 2 aliphatic rings. The fourth-order valence-electron chi connectivity index (χ4n) is 3.39. The van der Waals surface area contributed by atoms with Gasteiger partial charge < -0.3 is 19.6 Å². The first kappa shape index (κ1) is 14.1. The standard InChI is InChI=1S/C14H18N2O5/c17-12(10-7-11(13(18)19)21-15-10)16-6-5-14(20)4-2-1-3-9(14)8-16/h7,9,20H,1-6,8H2,(H,18,19). The number of nitrogens with zero attached hydrogens (tertiary/aromatic N) is 2. The SMILES string of the molecule is O=C(O)c1cc(C(=O)N2CCC3(O)CCCCC3C2)no1. The van der Waals surface area contributed by atoms with Gasteiger partial charge in [0.15, 0.2) is 5.69 Å². The number of carboxylic acid groups (broad SMARTS) is 1. The van der Waals surface area contributed by atoms with Crippen LogP contribution in [0.25, 0.3) is 0 Å². The van der Waals surface area contributed by atoms with Gasteiger partial charge in [0.2, 0.25) is 5.76 Å². The van der Waals surface area contributed by atoms with Crippen molar-refractivity contribution in [2.75, 3.05) is 13.1 Å². The number of aliphatic hydroxyl groups is 1. The number of carbonyl (C=O) groups excluding carboxylic acids is 1. The molecule has 7 nitrogen and oxygen atoms in total. The van der Waals surface area contributed by atoms with E-state index >= 15 is 0 Å². The maximum absolute atomic E-state index is 12.3. The Bertz CT molecular complexity index is 569. The van der Waals surface area contributed by atoms with Crippen LogP contribution in [0.2, 0.25) is 0 Å². The second-order valence-electron chi connectivity index (χ2n) is 5.93. The Morgan fingerprint density at radius 3 is 2.90 bits per heavy atom. The lowest BCUT2D eigenvalue weighted by Crippen LogP contribution is -2.54. The molecule has 1 saturated heterocycles. The predicted octanol–water partition coefficient (Wildman–Crippen LogP) is 1.14. The van der Waals surface area contributed by atoms with Gasteiger partial charge >= 0.3 is 5.97 Å². The molecule has 1 aliphatic carbocycles. The number of aromatic carboxylic acids is 1. The number of carbonyl (C=O) groups is 2. The second kappa shape index (κ2) is 5.14. The molecule has 0 aromatic carbocycles. The predicted molar refractivity (Wildman–Crippen MR) is 70.9 cm³/mol. The normalized spacial score (nSPS) is 29.0. The second-order valence-corrected chi connectivity index (χ2v) is 5.93. The van der Waals surface area contributed by atoms with E-state index in [-0.39, 0.29) is 23.3 Å². The fourth-order valence-corrected chi connectivity index (χ4v) is 3.39. The van der Waals surface area contributed by atoms with Gasteiger partial charge in [0.25, 0.3) is 5.91 Å². The average Bonchev–Trinajstić information content (AvgIpc) is 2.95. The molecule has 114 valence electrons. The molecule has 2 unspecified atom stereocenters. The van der Waals surface area contributed by atoms with Crippen molar-refractivity contribution in [1.29, 1.82) is 0 Å². The maximum atomic E-state index is 12.3. The van der Waals surface area contributed by atoms with Crippen LogP contribution in [0.3, 0.4) is 0 Å². The maximum Gasteiger partial charge on any atom is 0.374 e. The van der Waals surface area contributed by atoms with E-state index in [0.29, 0.717) is 19.5 Å². The Labute approximate surface area is 121 Å². The number of piperidine rings is 1. The summed E-state index contributed by atoms with van der Waals surface area (Å²) in [7, 11) is 0. The lowest BCUT2D eigenvalue weighted by Gasteiger charge is -2.47. The van der Waals surface area contributed by atoms with Gasteiger partial charge in [-0.15, -0.1) is 0 Å². The molecule has 2 N–H and O–H groups in total. The van der Waals surface area contributed by atoms with Crippen LogP contribution in [0, 0.1) is 5.92 Å². The van der Waals surface area contributed by atoms with Crippen molar-refractivity contribution >= 4 is 11.9 Å². The number of fused-ring (bicyclic) bond motifs is 1. The van der Waals surface area contributed by atoms with Gasteiger partial charge in [0, 0.05) is 25.1 Å². The minimum atomic E-state index is -1.25. The first-order valence-electron chi connectivity index (χ1n) is 7.21. The van der Waals surface area contributed by atoms with Crippen LogP contribution in [0.5, 0.6) is 0 Å². The van der Waals surface area contributed by atoms with E-state index in [1.54, 1.807) is 4.90 Å². The summed E-state index contributed by atoms with van der Waals surface area (Å²) >= 11 is 0. The number of likely N-dealkylation sites (tertiary alicyclic amines) is 1. The Morgan fingerprint density at radius 2 is 2.19 bits per heavy atom. The lowest BCUT2D eigenvalue weighted by molar-refractivity contribution is -0.0887. The zero-order valence-corrected chi connectivity index (χ0v) is 11.6. The number of hydrogen-bond acceptors (Lipinski definition) is 5. The largest absolute Gasteiger partial charge is 0.475 e. The zero-order valence-electron chi connectivity index (χ0n) is 11.6. The van der Waals surface area contributed by atoms with E-state index in [1.807, 2.05) is 0 Å². The molecule has 1 amide bonds. The molecule has 2 heterocycles. The summed E-state index contributed by atoms with van der Waals surface area (Å²) in [6.07, 6.45) is 4.38. The molecule has 2 fully saturated rings. The zero-order chi connectivity index (χ0) is 15.0. The summed E-state index contributed by atoms with van der Waals surface area (Å²) < 4.78 is 4.62. The quantitative estimate of drug-likeness (QED) is 0.847. The highest BCUT2D eigenvalue weighted by Gasteiger charge is 2.44. The molecular weight excluding hydrogens is 276 g/mol. The van der Waals surface area contributed by atoms with Crippen LogP contribution >= 0.6 is 0 Å². The summed E-state index contributed by atoms with van der Waals surface area (Å²) in [6, 6.07) is 1.15. The molecule has 1 aliphatic heterocycles. The van der Waals surface area contributed by atoms with Crippen molar-refractivity contribution in [3.63, 3.8) is 0 Å². The van der Waals surface area contributed by atoms with Crippen LogP contribution in [0.15, 0.2) is 10.6 Å². The van der Waals surface area contributed by atoms with Gasteiger partial charge in [-0.3, -0.25) is 4.79 Å². The van der Waals surface area contributed by atoms with Crippen molar-refractivity contribution in [3.8, 4) is 0 Å². The average molecular weight is 294 g/mol. The molecule has 3 rings (SSSR count). The van der Waals surface area contributed by atoms with E-state index in [4.69, 9.17) is 5.11 Å². The van der Waals surface area contributed by atoms with Gasteiger partial charge in [-0.2, -0.15) is 0 Å². The van der Waals surface area contributed by atoms with E-state index < -0.39 is 11.6 Å².